The first-order chi connectivity index (χ1) is 18.3. The number of aldehydes is 1. The van der Waals surface area contributed by atoms with Gasteiger partial charge in [-0.25, -0.2) is 9.78 Å². The number of rotatable bonds is 8. The molecule has 0 amide bonds. The maximum absolute atomic E-state index is 11.7. The third-order valence-electron chi connectivity index (χ3n) is 6.20. The summed E-state index contributed by atoms with van der Waals surface area (Å²) >= 11 is 0. The van der Waals surface area contributed by atoms with Gasteiger partial charge in [-0.3, -0.25) is 0 Å². The van der Waals surface area contributed by atoms with Crippen LogP contribution in [0.25, 0.3) is 0 Å². The maximum atomic E-state index is 11.7. The molecule has 194 valence electrons. The first kappa shape index (κ1) is 26.0. The number of carbonyl (C=O) groups is 2. The van der Waals surface area contributed by atoms with E-state index in [0.717, 1.165) is 23.1 Å². The summed E-state index contributed by atoms with van der Waals surface area (Å²) < 4.78 is 11.1. The predicted octanol–water partition coefficient (Wildman–Crippen LogP) is 3.11. The Morgan fingerprint density at radius 1 is 1.18 bits per heavy atom. The van der Waals surface area contributed by atoms with Crippen LogP contribution in [0.5, 0.6) is 11.5 Å². The zero-order chi connectivity index (χ0) is 27.2. The molecular formula is C28H27N5O5. The van der Waals surface area contributed by atoms with E-state index in [-0.39, 0.29) is 23.9 Å². The van der Waals surface area contributed by atoms with Crippen molar-refractivity contribution >= 4 is 29.7 Å². The summed E-state index contributed by atoms with van der Waals surface area (Å²) in [7, 11) is 3.10. The van der Waals surface area contributed by atoms with Crippen molar-refractivity contribution < 1.29 is 24.2 Å². The minimum absolute atomic E-state index is 0.106. The molecule has 1 atom stereocenters. The van der Waals surface area contributed by atoms with E-state index in [4.69, 9.17) is 20.9 Å². The zero-order valence-electron chi connectivity index (χ0n) is 20.9. The van der Waals surface area contributed by atoms with Crippen LogP contribution in [-0.2, 0) is 16.0 Å². The molecule has 4 rings (SSSR count). The molecule has 10 heteroatoms. The van der Waals surface area contributed by atoms with E-state index in [1.807, 2.05) is 30.3 Å². The quantitative estimate of drug-likeness (QED) is 0.260. The number of carboxylic acids is 1. The zero-order valence-corrected chi connectivity index (χ0v) is 20.9. The Morgan fingerprint density at radius 3 is 2.68 bits per heavy atom. The number of nitrogen functional groups attached to an aromatic ring is 2. The summed E-state index contributed by atoms with van der Waals surface area (Å²) in [6.07, 6.45) is 4.97. The van der Waals surface area contributed by atoms with Gasteiger partial charge in [0.1, 0.15) is 12.1 Å². The lowest BCUT2D eigenvalue weighted by Crippen LogP contribution is -2.18. The standard InChI is InChI=1S/C28H27N5O5/c1-37-24-13-17(11-19-14-32-28(30)33-26(19)29)10-18(25(24)38-2)7-5-16-6-8-21-20(4-3-9-34)22(27(35)36)15-31-23(21)12-16/h6,8-10,12-15,20,31H,3-4,11H2,1-2H3,(H,35,36)(H4,29,30,32,33). The predicted molar refractivity (Wildman–Crippen MR) is 143 cm³/mol. The number of carbonyl (C=O) groups excluding carboxylic acids is 1. The van der Waals surface area contributed by atoms with Gasteiger partial charge in [-0.2, -0.15) is 4.98 Å². The molecule has 0 saturated heterocycles. The van der Waals surface area contributed by atoms with Gasteiger partial charge in [-0.1, -0.05) is 17.9 Å². The number of aliphatic carboxylic acids is 1. The summed E-state index contributed by atoms with van der Waals surface area (Å²) in [4.78, 5) is 30.7. The number of hydrogen-bond acceptors (Lipinski definition) is 9. The Kier molecular flexibility index (Phi) is 7.77. The second-order valence-electron chi connectivity index (χ2n) is 8.59. The lowest BCUT2D eigenvalue weighted by molar-refractivity contribution is -0.133. The molecule has 2 aromatic carbocycles. The van der Waals surface area contributed by atoms with Crippen molar-refractivity contribution in [2.75, 3.05) is 31.0 Å². The maximum Gasteiger partial charge on any atom is 0.333 e. The number of nitrogens with zero attached hydrogens (tertiary/aromatic N) is 2. The van der Waals surface area contributed by atoms with Gasteiger partial charge in [0.25, 0.3) is 0 Å². The molecule has 0 bridgehead atoms. The van der Waals surface area contributed by atoms with Crippen LogP contribution in [-0.4, -0.2) is 41.5 Å². The first-order valence-electron chi connectivity index (χ1n) is 11.8. The number of methoxy groups -OCH3 is 2. The second kappa shape index (κ2) is 11.3. The van der Waals surface area contributed by atoms with E-state index in [2.05, 4.69) is 27.1 Å². The monoisotopic (exact) mass is 513 g/mol. The van der Waals surface area contributed by atoms with Gasteiger partial charge in [-0.05, 0) is 41.8 Å². The van der Waals surface area contributed by atoms with Gasteiger partial charge in [0, 0.05) is 48.0 Å². The molecule has 10 nitrogen and oxygen atoms in total. The normalized spacial score (nSPS) is 13.7. The van der Waals surface area contributed by atoms with Crippen LogP contribution in [0.4, 0.5) is 17.5 Å². The summed E-state index contributed by atoms with van der Waals surface area (Å²) in [5.41, 5.74) is 16.3. The summed E-state index contributed by atoms with van der Waals surface area (Å²) in [6.45, 7) is 0. The van der Waals surface area contributed by atoms with Crippen molar-refractivity contribution in [1.82, 2.24) is 9.97 Å². The molecule has 0 fully saturated rings. The van der Waals surface area contributed by atoms with Gasteiger partial charge >= 0.3 is 5.97 Å². The second-order valence-corrected chi connectivity index (χ2v) is 8.59. The highest BCUT2D eigenvalue weighted by Crippen LogP contribution is 2.38. The van der Waals surface area contributed by atoms with Gasteiger partial charge in [0.15, 0.2) is 11.5 Å². The molecule has 1 aliphatic heterocycles. The van der Waals surface area contributed by atoms with Crippen molar-refractivity contribution in [3.05, 3.63) is 76.1 Å². The Bertz CT molecular complexity index is 1490. The fourth-order valence-electron chi connectivity index (χ4n) is 4.39. The Hall–Kier alpha value is -5.04. The Balaban J connectivity index is 1.68. The van der Waals surface area contributed by atoms with Crippen LogP contribution >= 0.6 is 0 Å². The minimum Gasteiger partial charge on any atom is -0.493 e. The average Bonchev–Trinajstić information content (AvgIpc) is 2.91. The molecule has 1 aliphatic rings. The molecule has 2 heterocycles. The van der Waals surface area contributed by atoms with Crippen LogP contribution in [0.15, 0.2) is 48.3 Å². The highest BCUT2D eigenvalue weighted by atomic mass is 16.5. The summed E-state index contributed by atoms with van der Waals surface area (Å²) in [6, 6.07) is 9.25. The van der Waals surface area contributed by atoms with Crippen molar-refractivity contribution in [3.8, 4) is 23.3 Å². The number of benzene rings is 2. The third kappa shape index (κ3) is 5.52. The number of carboxylic acid groups (broad SMARTS) is 1. The van der Waals surface area contributed by atoms with Crippen LogP contribution in [0.2, 0.25) is 0 Å². The third-order valence-corrected chi connectivity index (χ3v) is 6.20. The highest BCUT2D eigenvalue weighted by Gasteiger charge is 2.27. The molecule has 38 heavy (non-hydrogen) atoms. The SMILES string of the molecule is COc1cc(Cc2cnc(N)nc2N)cc(C#Cc2ccc3c(c2)NC=C(C(=O)O)C3CCC=O)c1OC. The lowest BCUT2D eigenvalue weighted by atomic mass is 9.84. The molecule has 0 saturated carbocycles. The number of aromatic nitrogens is 2. The fraction of sp³-hybridized carbons (Fsp3) is 0.214. The Morgan fingerprint density at radius 2 is 2.00 bits per heavy atom. The number of nitrogens with one attached hydrogen (secondary N) is 1. The number of anilines is 3. The van der Waals surface area contributed by atoms with Crippen LogP contribution in [0.1, 0.15) is 46.6 Å². The van der Waals surface area contributed by atoms with Gasteiger partial charge < -0.3 is 36.2 Å². The van der Waals surface area contributed by atoms with Crippen molar-refractivity contribution in [3.63, 3.8) is 0 Å². The first-order valence-corrected chi connectivity index (χ1v) is 11.8. The molecular weight excluding hydrogens is 486 g/mol. The van der Waals surface area contributed by atoms with Crippen LogP contribution in [0.3, 0.4) is 0 Å². The number of fused-ring (bicyclic) bond motifs is 1. The van der Waals surface area contributed by atoms with Gasteiger partial charge in [-0.15, -0.1) is 0 Å². The van der Waals surface area contributed by atoms with E-state index in [1.165, 1.54) is 6.20 Å². The molecule has 6 N–H and O–H groups in total. The summed E-state index contributed by atoms with van der Waals surface area (Å²) in [5, 5.41) is 12.6. The molecule has 0 spiro atoms. The van der Waals surface area contributed by atoms with Gasteiger partial charge in [0.05, 0.1) is 25.4 Å². The number of hydrogen-bond donors (Lipinski definition) is 4. The smallest absolute Gasteiger partial charge is 0.333 e. The van der Waals surface area contributed by atoms with Crippen molar-refractivity contribution in [1.29, 1.82) is 0 Å². The van der Waals surface area contributed by atoms with Gasteiger partial charge in [0.2, 0.25) is 5.95 Å². The molecule has 0 aliphatic carbocycles. The van der Waals surface area contributed by atoms with E-state index in [0.29, 0.717) is 46.8 Å². The lowest BCUT2D eigenvalue weighted by Gasteiger charge is -2.25. The largest absolute Gasteiger partial charge is 0.493 e. The minimum atomic E-state index is -1.02. The summed E-state index contributed by atoms with van der Waals surface area (Å²) in [5.74, 6) is 6.32. The number of ether oxygens (including phenoxy) is 2. The van der Waals surface area contributed by atoms with E-state index < -0.39 is 5.97 Å². The Labute approximate surface area is 219 Å². The average molecular weight is 514 g/mol. The molecule has 3 aromatic rings. The van der Waals surface area contributed by atoms with E-state index in [9.17, 15) is 14.7 Å². The topological polar surface area (TPSA) is 163 Å². The van der Waals surface area contributed by atoms with E-state index >= 15 is 0 Å². The highest BCUT2D eigenvalue weighted by molar-refractivity contribution is 5.91. The number of nitrogens with two attached hydrogens (primary N) is 2. The molecule has 1 aromatic heterocycles. The van der Waals surface area contributed by atoms with Crippen LogP contribution < -0.4 is 26.3 Å². The molecule has 1 unspecified atom stereocenters. The van der Waals surface area contributed by atoms with E-state index in [1.54, 1.807) is 20.4 Å². The molecule has 0 radical (unpaired) electrons. The van der Waals surface area contributed by atoms with Crippen molar-refractivity contribution in [2.45, 2.75) is 25.2 Å². The van der Waals surface area contributed by atoms with Crippen LogP contribution in [0, 0.1) is 11.8 Å². The van der Waals surface area contributed by atoms with Crippen molar-refractivity contribution in [2.24, 2.45) is 0 Å². The fourth-order valence-corrected chi connectivity index (χ4v) is 4.39.